The predicted octanol–water partition coefficient (Wildman–Crippen LogP) is 10.7. The van der Waals surface area contributed by atoms with Gasteiger partial charge in [-0.2, -0.15) is 0 Å². The van der Waals surface area contributed by atoms with Crippen LogP contribution in [0, 0.1) is 0 Å². The quantitative estimate of drug-likeness (QED) is 0.144. The molecule has 0 aliphatic carbocycles. The van der Waals surface area contributed by atoms with Crippen LogP contribution in [0.15, 0.2) is 146 Å². The highest BCUT2D eigenvalue weighted by Gasteiger charge is 2.51. The summed E-state index contributed by atoms with van der Waals surface area (Å²) in [6.45, 7) is 8.47. The summed E-state index contributed by atoms with van der Waals surface area (Å²) in [7, 11) is -0.506. The molecule has 232 valence electrons. The molecule has 0 atom stereocenters. The first-order valence-corrected chi connectivity index (χ1v) is 16.8. The highest BCUT2D eigenvalue weighted by molar-refractivity contribution is 6.62. The summed E-state index contributed by atoms with van der Waals surface area (Å²) in [5.74, 6) is 0. The largest absolute Gasteiger partial charge is 0.494 e. The average molecular weight is 622 g/mol. The van der Waals surface area contributed by atoms with Crippen molar-refractivity contribution < 1.29 is 9.31 Å². The van der Waals surface area contributed by atoms with Gasteiger partial charge in [-0.3, -0.25) is 0 Å². The molecule has 1 saturated heterocycles. The Morgan fingerprint density at radius 3 is 1.85 bits per heavy atom. The van der Waals surface area contributed by atoms with Gasteiger partial charge >= 0.3 is 7.12 Å². The van der Waals surface area contributed by atoms with E-state index in [0.29, 0.717) is 0 Å². The first-order valence-electron chi connectivity index (χ1n) is 16.8. The maximum atomic E-state index is 6.69. The summed E-state index contributed by atoms with van der Waals surface area (Å²) < 4.78 is 15.8. The normalized spacial score (nSPS) is 15.6. The van der Waals surface area contributed by atoms with Crippen LogP contribution >= 0.6 is 0 Å². The number of nitrogens with zero attached hydrogens (tertiary/aromatic N) is 1. The molecule has 7 aromatic carbocycles. The minimum Gasteiger partial charge on any atom is -0.399 e. The monoisotopic (exact) mass is 621 g/mol. The van der Waals surface area contributed by atoms with Crippen LogP contribution in [0.1, 0.15) is 27.7 Å². The van der Waals surface area contributed by atoms with Crippen LogP contribution in [0.5, 0.6) is 0 Å². The van der Waals surface area contributed by atoms with Gasteiger partial charge < -0.3 is 13.9 Å². The van der Waals surface area contributed by atoms with E-state index in [1.54, 1.807) is 0 Å². The summed E-state index contributed by atoms with van der Waals surface area (Å²) in [4.78, 5) is 0. The minimum atomic E-state index is -0.506. The van der Waals surface area contributed by atoms with Gasteiger partial charge in [0.15, 0.2) is 0 Å². The molecule has 8 aromatic rings. The predicted molar refractivity (Wildman–Crippen MR) is 202 cm³/mol. The molecular formula is C44H36BNO2. The molecule has 1 fully saturated rings. The first kappa shape index (κ1) is 29.0. The third kappa shape index (κ3) is 4.51. The van der Waals surface area contributed by atoms with Crippen molar-refractivity contribution in [1.29, 1.82) is 0 Å². The molecule has 9 rings (SSSR count). The van der Waals surface area contributed by atoms with Crippen LogP contribution < -0.4 is 5.46 Å². The van der Waals surface area contributed by atoms with Crippen molar-refractivity contribution >= 4 is 55.9 Å². The van der Waals surface area contributed by atoms with Crippen LogP contribution in [-0.4, -0.2) is 22.9 Å². The van der Waals surface area contributed by atoms with Gasteiger partial charge in [0.05, 0.1) is 22.2 Å². The van der Waals surface area contributed by atoms with Crippen LogP contribution in [0.3, 0.4) is 0 Å². The van der Waals surface area contributed by atoms with E-state index < -0.39 is 18.3 Å². The lowest BCUT2D eigenvalue weighted by Gasteiger charge is -2.32. The van der Waals surface area contributed by atoms with Crippen LogP contribution in [0.4, 0.5) is 0 Å². The molecule has 0 N–H and O–H groups in total. The summed E-state index contributed by atoms with van der Waals surface area (Å²) >= 11 is 0. The second-order valence-electron chi connectivity index (χ2n) is 14.0. The van der Waals surface area contributed by atoms with Gasteiger partial charge in [0.25, 0.3) is 0 Å². The van der Waals surface area contributed by atoms with Crippen molar-refractivity contribution in [2.24, 2.45) is 0 Å². The molecule has 0 unspecified atom stereocenters. The Morgan fingerprint density at radius 1 is 0.458 bits per heavy atom. The summed E-state index contributed by atoms with van der Waals surface area (Å²) in [6, 6.07) is 52.8. The molecule has 3 nitrogen and oxygen atoms in total. The Hall–Kier alpha value is -5.16. The molecule has 1 aromatic heterocycles. The second-order valence-corrected chi connectivity index (χ2v) is 14.0. The Balaban J connectivity index is 1.35. The van der Waals surface area contributed by atoms with E-state index in [4.69, 9.17) is 9.31 Å². The zero-order valence-electron chi connectivity index (χ0n) is 27.7. The van der Waals surface area contributed by atoms with Crippen LogP contribution in [0.25, 0.3) is 71.3 Å². The zero-order chi connectivity index (χ0) is 32.6. The molecule has 0 bridgehead atoms. The smallest absolute Gasteiger partial charge is 0.399 e. The van der Waals surface area contributed by atoms with Crippen molar-refractivity contribution in [1.82, 2.24) is 4.57 Å². The number of fused-ring (bicyclic) bond motifs is 6. The van der Waals surface area contributed by atoms with Gasteiger partial charge in [-0.1, -0.05) is 115 Å². The number of aromatic nitrogens is 1. The number of rotatable bonds is 4. The fourth-order valence-corrected chi connectivity index (χ4v) is 7.39. The van der Waals surface area contributed by atoms with Gasteiger partial charge in [0, 0.05) is 16.5 Å². The van der Waals surface area contributed by atoms with Gasteiger partial charge in [-0.25, -0.2) is 0 Å². The van der Waals surface area contributed by atoms with Gasteiger partial charge in [0.1, 0.15) is 0 Å². The number of hydrogen-bond donors (Lipinski definition) is 0. The summed E-state index contributed by atoms with van der Waals surface area (Å²) in [6.07, 6.45) is 0. The fraction of sp³-hybridized carbons (Fsp3) is 0.136. The Kier molecular flexibility index (Phi) is 6.46. The SMILES string of the molecule is CC1(C)OB(c2cc(-c3cc4ccccc4c4ccccc34)cc(-n3c4ccccc4c4ccc(-c5ccccc5)cc43)c2)OC1(C)C. The molecule has 48 heavy (non-hydrogen) atoms. The Labute approximate surface area is 281 Å². The highest BCUT2D eigenvalue weighted by Crippen LogP contribution is 2.40. The van der Waals surface area contributed by atoms with E-state index in [-0.39, 0.29) is 0 Å². The molecule has 0 saturated carbocycles. The number of hydrogen-bond acceptors (Lipinski definition) is 2. The van der Waals surface area contributed by atoms with E-state index >= 15 is 0 Å². The van der Waals surface area contributed by atoms with Crippen molar-refractivity contribution in [3.05, 3.63) is 146 Å². The van der Waals surface area contributed by atoms with Gasteiger partial charge in [0.2, 0.25) is 0 Å². The van der Waals surface area contributed by atoms with E-state index in [0.717, 1.165) is 27.7 Å². The van der Waals surface area contributed by atoms with Crippen molar-refractivity contribution in [2.75, 3.05) is 0 Å². The molecule has 4 heteroatoms. The number of benzene rings is 7. The molecular weight excluding hydrogens is 585 g/mol. The highest BCUT2D eigenvalue weighted by atomic mass is 16.7. The third-order valence-corrected chi connectivity index (χ3v) is 10.6. The molecule has 1 aliphatic heterocycles. The topological polar surface area (TPSA) is 23.4 Å². The Bertz CT molecular complexity index is 2510. The summed E-state index contributed by atoms with van der Waals surface area (Å²) in [5, 5.41) is 7.41. The molecule has 2 heterocycles. The van der Waals surface area contributed by atoms with Gasteiger partial charge in [-0.15, -0.1) is 0 Å². The molecule has 1 aliphatic rings. The molecule has 0 amide bonds. The molecule has 0 radical (unpaired) electrons. The van der Waals surface area contributed by atoms with Crippen molar-refractivity contribution in [3.63, 3.8) is 0 Å². The van der Waals surface area contributed by atoms with Crippen LogP contribution in [-0.2, 0) is 9.31 Å². The lowest BCUT2D eigenvalue weighted by Crippen LogP contribution is -2.41. The third-order valence-electron chi connectivity index (χ3n) is 10.6. The van der Waals surface area contributed by atoms with Gasteiger partial charge in [-0.05, 0) is 107 Å². The zero-order valence-corrected chi connectivity index (χ0v) is 27.7. The average Bonchev–Trinajstić information content (AvgIpc) is 3.56. The second kappa shape index (κ2) is 10.7. The van der Waals surface area contributed by atoms with E-state index in [1.165, 1.54) is 49.0 Å². The Morgan fingerprint density at radius 2 is 1.08 bits per heavy atom. The minimum absolute atomic E-state index is 0.457. The molecule has 0 spiro atoms. The van der Waals surface area contributed by atoms with Crippen molar-refractivity contribution in [2.45, 2.75) is 38.9 Å². The van der Waals surface area contributed by atoms with E-state index in [1.807, 2.05) is 0 Å². The van der Waals surface area contributed by atoms with E-state index in [2.05, 4.69) is 178 Å². The van der Waals surface area contributed by atoms with E-state index in [9.17, 15) is 0 Å². The van der Waals surface area contributed by atoms with Crippen LogP contribution in [0.2, 0.25) is 0 Å². The maximum Gasteiger partial charge on any atom is 0.494 e. The van der Waals surface area contributed by atoms with Crippen molar-refractivity contribution in [3.8, 4) is 27.9 Å². The number of para-hydroxylation sites is 1. The summed E-state index contributed by atoms with van der Waals surface area (Å²) in [5.41, 5.74) is 8.20. The first-order chi connectivity index (χ1) is 23.3. The maximum absolute atomic E-state index is 6.69. The lowest BCUT2D eigenvalue weighted by molar-refractivity contribution is 0.00578. The standard InChI is InChI=1S/C44H36BNO2/c1-43(2)44(3,4)48-45(47-43)33-24-32(40-26-31-16-8-9-17-35(31)36-18-10-11-19-37(36)40)25-34(28-33)46-41-21-13-12-20-38(41)39-23-22-30(27-42(39)46)29-14-6-5-7-15-29/h5-28H,1-4H3. The fourth-order valence-electron chi connectivity index (χ4n) is 7.39. The lowest BCUT2D eigenvalue weighted by atomic mass is 9.77.